The Kier molecular flexibility index (Phi) is 3.49. The van der Waals surface area contributed by atoms with Gasteiger partial charge < -0.3 is 5.11 Å². The summed E-state index contributed by atoms with van der Waals surface area (Å²) < 4.78 is 24.6. The Morgan fingerprint density at radius 3 is 2.71 bits per heavy atom. The van der Waals surface area contributed by atoms with E-state index in [1.54, 1.807) is 6.07 Å². The minimum Gasteiger partial charge on any atom is -0.392 e. The van der Waals surface area contributed by atoms with Gasteiger partial charge in [0.25, 0.3) is 6.43 Å². The Morgan fingerprint density at radius 2 is 2.29 bits per heavy atom. The molecule has 0 aliphatic carbocycles. The highest BCUT2D eigenvalue weighted by Gasteiger charge is 2.18. The van der Waals surface area contributed by atoms with E-state index in [2.05, 4.69) is 20.9 Å². The molecule has 0 aliphatic heterocycles. The lowest BCUT2D eigenvalue weighted by Gasteiger charge is -2.07. The summed E-state index contributed by atoms with van der Waals surface area (Å²) in [5.74, 6) is 0. The van der Waals surface area contributed by atoms with Crippen molar-refractivity contribution < 1.29 is 13.9 Å². The second-order valence-electron chi connectivity index (χ2n) is 2.42. The number of nitriles is 1. The van der Waals surface area contributed by atoms with Crippen LogP contribution in [0.4, 0.5) is 8.78 Å². The van der Waals surface area contributed by atoms with Gasteiger partial charge in [-0.2, -0.15) is 5.26 Å². The van der Waals surface area contributed by atoms with Crippen molar-refractivity contribution in [1.82, 2.24) is 4.98 Å². The molecule has 0 aromatic carbocycles. The second-order valence-corrected chi connectivity index (χ2v) is 3.21. The number of aliphatic hydroxyl groups excluding tert-OH is 1. The molecule has 0 saturated carbocycles. The molecule has 0 spiro atoms. The maximum atomic E-state index is 12.3. The third kappa shape index (κ3) is 1.89. The maximum absolute atomic E-state index is 12.3. The summed E-state index contributed by atoms with van der Waals surface area (Å²) >= 11 is 2.88. The number of pyridine rings is 1. The Morgan fingerprint density at radius 1 is 1.64 bits per heavy atom. The number of halogens is 3. The highest BCUT2D eigenvalue weighted by Crippen LogP contribution is 2.29. The van der Waals surface area contributed by atoms with Crippen LogP contribution < -0.4 is 0 Å². The maximum Gasteiger partial charge on any atom is 0.281 e. The number of alkyl halides is 2. The third-order valence-electron chi connectivity index (χ3n) is 1.63. The molecule has 0 aliphatic rings. The van der Waals surface area contributed by atoms with E-state index in [1.165, 1.54) is 0 Å². The van der Waals surface area contributed by atoms with E-state index in [-0.39, 0.29) is 15.6 Å². The van der Waals surface area contributed by atoms with Crippen molar-refractivity contribution in [2.45, 2.75) is 13.0 Å². The molecule has 3 nitrogen and oxygen atoms in total. The summed E-state index contributed by atoms with van der Waals surface area (Å²) in [5.41, 5.74) is -0.241. The van der Waals surface area contributed by atoms with Gasteiger partial charge in [0.05, 0.1) is 16.6 Å². The molecule has 0 unspecified atom stereocenters. The van der Waals surface area contributed by atoms with Gasteiger partial charge in [-0.1, -0.05) is 0 Å². The highest BCUT2D eigenvalue weighted by atomic mass is 79.9. The minimum absolute atomic E-state index is 0.00551. The molecular formula is C8H5BrF2N2O. The molecule has 1 rings (SSSR count). The van der Waals surface area contributed by atoms with Gasteiger partial charge in [0, 0.05) is 11.8 Å². The molecular weight excluding hydrogens is 258 g/mol. The van der Waals surface area contributed by atoms with Crippen LogP contribution in [0.5, 0.6) is 0 Å². The fourth-order valence-electron chi connectivity index (χ4n) is 0.945. The summed E-state index contributed by atoms with van der Waals surface area (Å²) in [6.45, 7) is -0.480. The quantitative estimate of drug-likeness (QED) is 0.889. The molecule has 1 aromatic rings. The Bertz CT molecular complexity index is 390. The lowest BCUT2D eigenvalue weighted by molar-refractivity contribution is 0.144. The van der Waals surface area contributed by atoms with Gasteiger partial charge in [-0.25, -0.2) is 8.78 Å². The summed E-state index contributed by atoms with van der Waals surface area (Å²) in [4.78, 5) is 3.43. The van der Waals surface area contributed by atoms with E-state index in [1.807, 2.05) is 0 Å². The Labute approximate surface area is 87.1 Å². The highest BCUT2D eigenvalue weighted by molar-refractivity contribution is 9.10. The first kappa shape index (κ1) is 11.0. The SMILES string of the molecule is N#Cc1cnc(C(F)F)c(Br)c1CO. The van der Waals surface area contributed by atoms with Crippen LogP contribution >= 0.6 is 15.9 Å². The smallest absolute Gasteiger partial charge is 0.281 e. The molecule has 0 atom stereocenters. The van der Waals surface area contributed by atoms with Gasteiger partial charge >= 0.3 is 0 Å². The fourth-order valence-corrected chi connectivity index (χ4v) is 1.56. The van der Waals surface area contributed by atoms with E-state index in [4.69, 9.17) is 10.4 Å². The van der Waals surface area contributed by atoms with Gasteiger partial charge in [-0.15, -0.1) is 0 Å². The van der Waals surface area contributed by atoms with Gasteiger partial charge in [-0.3, -0.25) is 4.98 Å². The van der Waals surface area contributed by atoms with Crippen LogP contribution in [0.15, 0.2) is 10.7 Å². The number of nitrogens with zero attached hydrogens (tertiary/aromatic N) is 2. The minimum atomic E-state index is -2.73. The van der Waals surface area contributed by atoms with Crippen LogP contribution in [0, 0.1) is 11.3 Å². The zero-order valence-electron chi connectivity index (χ0n) is 6.84. The Hall–Kier alpha value is -1.06. The van der Waals surface area contributed by atoms with Gasteiger partial charge in [0.2, 0.25) is 0 Å². The molecule has 74 valence electrons. The van der Waals surface area contributed by atoms with Crippen LogP contribution in [-0.4, -0.2) is 10.1 Å². The average Bonchev–Trinajstić information content (AvgIpc) is 2.16. The summed E-state index contributed by atoms with van der Waals surface area (Å²) in [5, 5.41) is 17.5. The summed E-state index contributed by atoms with van der Waals surface area (Å²) in [7, 11) is 0. The van der Waals surface area contributed by atoms with Crippen molar-refractivity contribution in [2.75, 3.05) is 0 Å². The van der Waals surface area contributed by atoms with Gasteiger partial charge in [0.15, 0.2) is 0 Å². The molecule has 0 radical (unpaired) electrons. The zero-order chi connectivity index (χ0) is 10.7. The van der Waals surface area contributed by atoms with Gasteiger partial charge in [-0.05, 0) is 15.9 Å². The van der Waals surface area contributed by atoms with Crippen LogP contribution in [0.1, 0.15) is 23.2 Å². The number of hydrogen-bond acceptors (Lipinski definition) is 3. The molecule has 0 fully saturated rings. The molecule has 0 bridgehead atoms. The number of aliphatic hydroxyl groups is 1. The summed E-state index contributed by atoms with van der Waals surface area (Å²) in [6.07, 6.45) is -1.71. The molecule has 1 heterocycles. The monoisotopic (exact) mass is 262 g/mol. The first-order valence-corrected chi connectivity index (χ1v) is 4.37. The van der Waals surface area contributed by atoms with E-state index < -0.39 is 18.7 Å². The second kappa shape index (κ2) is 4.44. The third-order valence-corrected chi connectivity index (χ3v) is 2.52. The van der Waals surface area contributed by atoms with Crippen molar-refractivity contribution in [1.29, 1.82) is 5.26 Å². The number of hydrogen-bond donors (Lipinski definition) is 1. The predicted molar refractivity (Wildman–Crippen MR) is 47.5 cm³/mol. The van der Waals surface area contributed by atoms with Crippen molar-refractivity contribution in [3.63, 3.8) is 0 Å². The molecule has 1 aromatic heterocycles. The van der Waals surface area contributed by atoms with Crippen molar-refractivity contribution in [3.8, 4) is 6.07 Å². The number of rotatable bonds is 2. The van der Waals surface area contributed by atoms with Crippen LogP contribution in [0.2, 0.25) is 0 Å². The predicted octanol–water partition coefficient (Wildman–Crippen LogP) is 2.15. The van der Waals surface area contributed by atoms with Crippen LogP contribution in [0.3, 0.4) is 0 Å². The van der Waals surface area contributed by atoms with Crippen molar-refractivity contribution >= 4 is 15.9 Å². The van der Waals surface area contributed by atoms with Gasteiger partial charge in [0.1, 0.15) is 11.8 Å². The van der Waals surface area contributed by atoms with E-state index in [9.17, 15) is 8.78 Å². The van der Waals surface area contributed by atoms with Crippen LogP contribution in [0.25, 0.3) is 0 Å². The molecule has 6 heteroatoms. The Balaban J connectivity index is 3.37. The van der Waals surface area contributed by atoms with E-state index >= 15 is 0 Å². The largest absolute Gasteiger partial charge is 0.392 e. The van der Waals surface area contributed by atoms with Crippen molar-refractivity contribution in [3.05, 3.63) is 27.5 Å². The van der Waals surface area contributed by atoms with E-state index in [0.29, 0.717) is 0 Å². The normalized spacial score (nSPS) is 10.3. The lowest BCUT2D eigenvalue weighted by Crippen LogP contribution is -2.00. The zero-order valence-corrected chi connectivity index (χ0v) is 8.42. The van der Waals surface area contributed by atoms with Crippen LogP contribution in [-0.2, 0) is 6.61 Å². The number of aromatic nitrogens is 1. The lowest BCUT2D eigenvalue weighted by atomic mass is 10.1. The summed E-state index contributed by atoms with van der Waals surface area (Å²) in [6, 6.07) is 1.76. The first-order chi connectivity index (χ1) is 6.61. The average molecular weight is 263 g/mol. The standard InChI is InChI=1S/C8H5BrF2N2O/c9-6-5(3-14)4(1-12)2-13-7(6)8(10)11/h2,8,14H,3H2. The first-order valence-electron chi connectivity index (χ1n) is 3.58. The topological polar surface area (TPSA) is 56.9 Å². The van der Waals surface area contributed by atoms with Crippen molar-refractivity contribution in [2.24, 2.45) is 0 Å². The molecule has 1 N–H and O–H groups in total. The molecule has 0 saturated heterocycles. The fraction of sp³-hybridized carbons (Fsp3) is 0.250. The van der Waals surface area contributed by atoms with E-state index in [0.717, 1.165) is 6.20 Å². The molecule has 14 heavy (non-hydrogen) atoms. The molecule has 0 amide bonds.